The van der Waals surface area contributed by atoms with E-state index in [0.717, 1.165) is 43.6 Å². The Morgan fingerprint density at radius 1 is 1.00 bits per heavy atom. The van der Waals surface area contributed by atoms with Crippen molar-refractivity contribution in [2.75, 3.05) is 75.1 Å². The van der Waals surface area contributed by atoms with Gasteiger partial charge in [-0.05, 0) is 113 Å². The summed E-state index contributed by atoms with van der Waals surface area (Å²) in [5.74, 6) is 0.272. The number of primary amides is 1. The number of nitrogens with two attached hydrogens (primary N) is 1. The summed E-state index contributed by atoms with van der Waals surface area (Å²) in [4.78, 5) is 34.9. The lowest BCUT2D eigenvalue weighted by molar-refractivity contribution is -0.0419. The minimum atomic E-state index is -0.642. The minimum absolute atomic E-state index is 0.0877. The van der Waals surface area contributed by atoms with Gasteiger partial charge < -0.3 is 35.8 Å². The molecule has 1 spiro atoms. The molecule has 0 atom stereocenters. The first-order chi connectivity index (χ1) is 23.3. The van der Waals surface area contributed by atoms with E-state index in [1.165, 1.54) is 63.1 Å². The number of hydrogen-bond donors (Lipinski definition) is 3. The molecule has 11 nitrogen and oxygen atoms in total. The molecule has 11 heteroatoms. The average molecular weight is 654 g/mol. The molecule has 0 aliphatic carbocycles. The number of nitrogens with one attached hydrogen (secondary N) is 2. The van der Waals surface area contributed by atoms with E-state index >= 15 is 0 Å². The molecule has 48 heavy (non-hydrogen) atoms. The predicted molar refractivity (Wildman–Crippen MR) is 191 cm³/mol. The van der Waals surface area contributed by atoms with Crippen LogP contribution in [0.15, 0.2) is 36.5 Å². The van der Waals surface area contributed by atoms with Crippen LogP contribution in [0.25, 0.3) is 11.4 Å². The molecule has 0 radical (unpaired) electrons. The third-order valence-electron chi connectivity index (χ3n) is 11.0. The second-order valence-corrected chi connectivity index (χ2v) is 14.4. The van der Waals surface area contributed by atoms with E-state index in [-0.39, 0.29) is 11.7 Å². The highest BCUT2D eigenvalue weighted by Crippen LogP contribution is 2.41. The molecule has 0 bridgehead atoms. The molecule has 4 aliphatic heterocycles. The number of carbonyl (C=O) groups excluding carboxylic acids is 1. The van der Waals surface area contributed by atoms with Gasteiger partial charge in [0.2, 0.25) is 0 Å². The zero-order valence-corrected chi connectivity index (χ0v) is 28.8. The number of anilines is 4. The maximum absolute atomic E-state index is 12.8. The van der Waals surface area contributed by atoms with Gasteiger partial charge in [0.25, 0.3) is 5.91 Å². The molecule has 4 fully saturated rings. The predicted octanol–water partition coefficient (Wildman–Crippen LogP) is 4.84. The first kappa shape index (κ1) is 32.7. The fourth-order valence-corrected chi connectivity index (χ4v) is 8.37. The second-order valence-electron chi connectivity index (χ2n) is 14.4. The quantitative estimate of drug-likeness (QED) is 0.296. The number of carbonyl (C=O) groups is 1. The van der Waals surface area contributed by atoms with Crippen LogP contribution in [-0.2, 0) is 11.2 Å². The summed E-state index contributed by atoms with van der Waals surface area (Å²) in [6.45, 7) is 12.8. The smallest absolute Gasteiger partial charge is 0.271 e. The largest absolute Gasteiger partial charge is 0.381 e. The number of pyridine rings is 1. The van der Waals surface area contributed by atoms with E-state index in [9.17, 15) is 4.79 Å². The van der Waals surface area contributed by atoms with E-state index in [2.05, 4.69) is 62.5 Å². The number of amides is 1. The summed E-state index contributed by atoms with van der Waals surface area (Å²) in [6.07, 6.45) is 9.47. The Kier molecular flexibility index (Phi) is 9.53. The highest BCUT2D eigenvalue weighted by molar-refractivity contribution is 5.97. The minimum Gasteiger partial charge on any atom is -0.381 e. The van der Waals surface area contributed by atoms with E-state index in [1.54, 1.807) is 6.20 Å². The molecule has 7 rings (SSSR count). The highest BCUT2D eigenvalue weighted by atomic mass is 16.5. The molecular formula is C37H51N9O2. The molecule has 1 amide bonds. The molecular weight excluding hydrogens is 602 g/mol. The zero-order valence-electron chi connectivity index (χ0n) is 28.8. The molecule has 1 aromatic carbocycles. The second kappa shape index (κ2) is 14.0. The number of rotatable bonds is 9. The Morgan fingerprint density at radius 3 is 2.42 bits per heavy atom. The zero-order chi connectivity index (χ0) is 33.3. The standard InChI is InChI=1S/C37H51N9O2/c1-4-26-22-28(7-8-30(26)46-16-9-29(10-17-46)45-18-13-37(14-19-45)23-44(3)24-37)41-36-33(34(38)47)42-32(31-25(2)6-5-15-39-31)35(43-36)40-27-11-20-48-21-12-27/h5-8,15,22,27,29H,4,9-14,16-21,23-24H2,1-3H3,(H2,38,47)(H2,40,41,43). The summed E-state index contributed by atoms with van der Waals surface area (Å²) in [7, 11) is 2.25. The van der Waals surface area contributed by atoms with Crippen LogP contribution in [0, 0.1) is 12.3 Å². The van der Waals surface area contributed by atoms with Crippen molar-refractivity contribution in [1.29, 1.82) is 0 Å². The van der Waals surface area contributed by atoms with Gasteiger partial charge in [-0.15, -0.1) is 0 Å². The molecule has 4 N–H and O–H groups in total. The van der Waals surface area contributed by atoms with E-state index < -0.39 is 5.91 Å². The molecule has 6 heterocycles. The number of nitrogens with zero attached hydrogens (tertiary/aromatic N) is 6. The van der Waals surface area contributed by atoms with Crippen LogP contribution in [0.4, 0.5) is 23.0 Å². The average Bonchev–Trinajstić information content (AvgIpc) is 3.09. The number of likely N-dealkylation sites (tertiary alicyclic amines) is 2. The van der Waals surface area contributed by atoms with Crippen LogP contribution in [0.2, 0.25) is 0 Å². The van der Waals surface area contributed by atoms with Crippen LogP contribution in [0.1, 0.15) is 67.1 Å². The lowest BCUT2D eigenvalue weighted by Gasteiger charge is -2.54. The number of aryl methyl sites for hydroxylation is 2. The van der Waals surface area contributed by atoms with Gasteiger partial charge in [-0.2, -0.15) is 0 Å². The molecule has 2 aromatic heterocycles. The van der Waals surface area contributed by atoms with Gasteiger partial charge >= 0.3 is 0 Å². The monoisotopic (exact) mass is 653 g/mol. The number of aromatic nitrogens is 3. The van der Waals surface area contributed by atoms with Crippen molar-refractivity contribution in [1.82, 2.24) is 24.8 Å². The first-order valence-electron chi connectivity index (χ1n) is 17.9. The van der Waals surface area contributed by atoms with E-state index in [0.29, 0.717) is 47.7 Å². The Hall–Kier alpha value is -3.80. The molecule has 0 unspecified atom stereocenters. The Bertz CT molecular complexity index is 1600. The molecule has 4 saturated heterocycles. The lowest BCUT2D eigenvalue weighted by Crippen LogP contribution is -2.60. The Morgan fingerprint density at radius 2 is 1.75 bits per heavy atom. The van der Waals surface area contributed by atoms with Gasteiger partial charge in [-0.1, -0.05) is 13.0 Å². The maximum Gasteiger partial charge on any atom is 0.271 e. The Labute approximate surface area is 284 Å². The van der Waals surface area contributed by atoms with Gasteiger partial charge in [-0.25, -0.2) is 9.97 Å². The number of piperidine rings is 2. The summed E-state index contributed by atoms with van der Waals surface area (Å²) >= 11 is 0. The van der Waals surface area contributed by atoms with Gasteiger partial charge in [0, 0.05) is 69.0 Å². The van der Waals surface area contributed by atoms with E-state index in [1.807, 2.05) is 19.1 Å². The summed E-state index contributed by atoms with van der Waals surface area (Å²) < 4.78 is 5.58. The van der Waals surface area contributed by atoms with Gasteiger partial charge in [0.1, 0.15) is 5.69 Å². The Balaban J connectivity index is 1.08. The van der Waals surface area contributed by atoms with Crippen molar-refractivity contribution in [2.45, 2.75) is 70.9 Å². The number of ether oxygens (including phenoxy) is 1. The SMILES string of the molecule is CCc1cc(Nc2nc(NC3CCOCC3)c(-c3ncccc3C)nc2C(N)=O)ccc1N1CCC(N2CCC3(CC2)CN(C)C3)CC1. The van der Waals surface area contributed by atoms with E-state index in [4.69, 9.17) is 20.4 Å². The van der Waals surface area contributed by atoms with Crippen molar-refractivity contribution < 1.29 is 9.53 Å². The topological polar surface area (TPSA) is 125 Å². The van der Waals surface area contributed by atoms with Crippen molar-refractivity contribution in [3.8, 4) is 11.4 Å². The first-order valence-corrected chi connectivity index (χ1v) is 17.9. The van der Waals surface area contributed by atoms with Gasteiger partial charge in [0.05, 0.1) is 5.69 Å². The van der Waals surface area contributed by atoms with Crippen molar-refractivity contribution in [3.63, 3.8) is 0 Å². The number of hydrogen-bond acceptors (Lipinski definition) is 10. The highest BCUT2D eigenvalue weighted by Gasteiger charge is 2.44. The van der Waals surface area contributed by atoms with Crippen LogP contribution in [-0.4, -0.2) is 102 Å². The fraction of sp³-hybridized carbons (Fsp3) is 0.568. The lowest BCUT2D eigenvalue weighted by atomic mass is 9.72. The van der Waals surface area contributed by atoms with Crippen LogP contribution in [0.5, 0.6) is 0 Å². The summed E-state index contributed by atoms with van der Waals surface area (Å²) in [6, 6.07) is 11.2. The summed E-state index contributed by atoms with van der Waals surface area (Å²) in [5, 5.41) is 6.99. The maximum atomic E-state index is 12.8. The third kappa shape index (κ3) is 6.86. The normalized spacial score (nSPS) is 20.9. The third-order valence-corrected chi connectivity index (χ3v) is 11.0. The molecule has 3 aromatic rings. The molecule has 0 saturated carbocycles. The van der Waals surface area contributed by atoms with Crippen molar-refractivity contribution >= 4 is 28.9 Å². The van der Waals surface area contributed by atoms with Crippen molar-refractivity contribution in [2.24, 2.45) is 11.1 Å². The number of benzene rings is 1. The van der Waals surface area contributed by atoms with Gasteiger partial charge in [-0.3, -0.25) is 9.78 Å². The van der Waals surface area contributed by atoms with Crippen LogP contribution < -0.4 is 21.3 Å². The van der Waals surface area contributed by atoms with Crippen LogP contribution >= 0.6 is 0 Å². The molecule has 4 aliphatic rings. The summed E-state index contributed by atoms with van der Waals surface area (Å²) in [5.41, 5.74) is 12.1. The van der Waals surface area contributed by atoms with Crippen molar-refractivity contribution in [3.05, 3.63) is 53.3 Å². The van der Waals surface area contributed by atoms with Gasteiger partial charge in [0.15, 0.2) is 17.3 Å². The molecule has 256 valence electrons. The van der Waals surface area contributed by atoms with Crippen LogP contribution in [0.3, 0.4) is 0 Å². The fourth-order valence-electron chi connectivity index (χ4n) is 8.37.